The lowest BCUT2D eigenvalue weighted by Crippen LogP contribution is -2.23. The van der Waals surface area contributed by atoms with Gasteiger partial charge in [0.15, 0.2) is 11.5 Å². The summed E-state index contributed by atoms with van der Waals surface area (Å²) in [5.41, 5.74) is 12.8. The van der Waals surface area contributed by atoms with Gasteiger partial charge in [0.1, 0.15) is 13.2 Å². The molecule has 1 aliphatic rings. The molecule has 4 N–H and O–H groups in total. The fourth-order valence-corrected chi connectivity index (χ4v) is 1.83. The van der Waals surface area contributed by atoms with Crippen LogP contribution < -0.4 is 20.9 Å². The van der Waals surface area contributed by atoms with Crippen molar-refractivity contribution in [3.05, 3.63) is 23.8 Å². The molecule has 0 bridgehead atoms. The molecule has 1 aromatic rings. The van der Waals surface area contributed by atoms with Crippen molar-refractivity contribution in [2.24, 2.45) is 11.5 Å². The summed E-state index contributed by atoms with van der Waals surface area (Å²) >= 11 is 0. The highest BCUT2D eigenvalue weighted by Crippen LogP contribution is 2.32. The first-order valence-corrected chi connectivity index (χ1v) is 5.57. The third kappa shape index (κ3) is 2.46. The summed E-state index contributed by atoms with van der Waals surface area (Å²) in [6, 6.07) is 5.88. The molecule has 2 atom stereocenters. The van der Waals surface area contributed by atoms with Gasteiger partial charge in [-0.1, -0.05) is 6.07 Å². The van der Waals surface area contributed by atoms with Crippen molar-refractivity contribution in [2.45, 2.75) is 25.4 Å². The number of nitrogens with two attached hydrogens (primary N) is 2. The average molecular weight is 222 g/mol. The van der Waals surface area contributed by atoms with Gasteiger partial charge in [-0.2, -0.15) is 0 Å². The zero-order valence-electron chi connectivity index (χ0n) is 9.48. The van der Waals surface area contributed by atoms with Crippen LogP contribution in [0.2, 0.25) is 0 Å². The van der Waals surface area contributed by atoms with E-state index >= 15 is 0 Å². The molecule has 1 aromatic carbocycles. The van der Waals surface area contributed by atoms with Crippen LogP contribution in [0.3, 0.4) is 0 Å². The normalized spacial score (nSPS) is 17.9. The van der Waals surface area contributed by atoms with Crippen molar-refractivity contribution in [3.63, 3.8) is 0 Å². The van der Waals surface area contributed by atoms with E-state index in [1.165, 1.54) is 0 Å². The van der Waals surface area contributed by atoms with Gasteiger partial charge in [-0.05, 0) is 31.0 Å². The van der Waals surface area contributed by atoms with Crippen molar-refractivity contribution in [2.75, 3.05) is 13.2 Å². The molecule has 0 saturated carbocycles. The Balaban J connectivity index is 2.16. The minimum atomic E-state index is -0.0455. The Morgan fingerprint density at radius 1 is 1.19 bits per heavy atom. The quantitative estimate of drug-likeness (QED) is 0.806. The number of fused-ring (bicyclic) bond motifs is 1. The molecule has 16 heavy (non-hydrogen) atoms. The van der Waals surface area contributed by atoms with Crippen LogP contribution in [0.4, 0.5) is 0 Å². The van der Waals surface area contributed by atoms with Crippen LogP contribution in [-0.4, -0.2) is 19.3 Å². The molecule has 0 amide bonds. The Kier molecular flexibility index (Phi) is 3.31. The molecule has 4 heteroatoms. The van der Waals surface area contributed by atoms with Gasteiger partial charge in [0.25, 0.3) is 0 Å². The Labute approximate surface area is 95.5 Å². The molecule has 88 valence electrons. The smallest absolute Gasteiger partial charge is 0.161 e. The maximum absolute atomic E-state index is 6.05. The number of ether oxygens (including phenoxy) is 2. The first kappa shape index (κ1) is 11.2. The summed E-state index contributed by atoms with van der Waals surface area (Å²) in [6.45, 7) is 3.16. The number of benzene rings is 1. The van der Waals surface area contributed by atoms with E-state index in [2.05, 4.69) is 0 Å². The van der Waals surface area contributed by atoms with Crippen LogP contribution in [0.5, 0.6) is 11.5 Å². The van der Waals surface area contributed by atoms with E-state index in [0.29, 0.717) is 13.2 Å². The van der Waals surface area contributed by atoms with E-state index in [1.807, 2.05) is 25.1 Å². The standard InChI is InChI=1S/C12H18N2O2/c1-8(13)6-10(14)9-2-3-11-12(7-9)16-5-4-15-11/h2-3,7-8,10H,4-6,13-14H2,1H3. The molecule has 4 nitrogen and oxygen atoms in total. The summed E-state index contributed by atoms with van der Waals surface area (Å²) in [4.78, 5) is 0. The van der Waals surface area contributed by atoms with Crippen LogP contribution in [-0.2, 0) is 0 Å². The van der Waals surface area contributed by atoms with E-state index < -0.39 is 0 Å². The molecule has 2 unspecified atom stereocenters. The molecule has 0 fully saturated rings. The fraction of sp³-hybridized carbons (Fsp3) is 0.500. The molecule has 0 spiro atoms. The highest BCUT2D eigenvalue weighted by Gasteiger charge is 2.15. The van der Waals surface area contributed by atoms with Crippen LogP contribution in [0.15, 0.2) is 18.2 Å². The Morgan fingerprint density at radius 2 is 1.88 bits per heavy atom. The molecular weight excluding hydrogens is 204 g/mol. The highest BCUT2D eigenvalue weighted by atomic mass is 16.6. The third-order valence-electron chi connectivity index (χ3n) is 2.62. The average Bonchev–Trinajstić information content (AvgIpc) is 2.27. The number of rotatable bonds is 3. The second kappa shape index (κ2) is 4.72. The Hall–Kier alpha value is -1.26. The van der Waals surface area contributed by atoms with Gasteiger partial charge in [-0.25, -0.2) is 0 Å². The van der Waals surface area contributed by atoms with Gasteiger partial charge in [-0.3, -0.25) is 0 Å². The molecule has 0 aromatic heterocycles. The number of hydrogen-bond acceptors (Lipinski definition) is 4. The molecule has 0 aliphatic carbocycles. The van der Waals surface area contributed by atoms with Gasteiger partial charge in [0, 0.05) is 12.1 Å². The van der Waals surface area contributed by atoms with E-state index in [0.717, 1.165) is 23.5 Å². The monoisotopic (exact) mass is 222 g/mol. The van der Waals surface area contributed by atoms with E-state index in [-0.39, 0.29) is 12.1 Å². The maximum atomic E-state index is 6.05. The zero-order valence-corrected chi connectivity index (χ0v) is 9.48. The van der Waals surface area contributed by atoms with Gasteiger partial charge in [0.05, 0.1) is 0 Å². The van der Waals surface area contributed by atoms with Gasteiger partial charge in [-0.15, -0.1) is 0 Å². The Bertz CT molecular complexity index is 366. The first-order valence-electron chi connectivity index (χ1n) is 5.57. The van der Waals surface area contributed by atoms with E-state index in [9.17, 15) is 0 Å². The van der Waals surface area contributed by atoms with Crippen LogP contribution in [0.1, 0.15) is 24.9 Å². The fourth-order valence-electron chi connectivity index (χ4n) is 1.83. The maximum Gasteiger partial charge on any atom is 0.161 e. The summed E-state index contributed by atoms with van der Waals surface area (Å²) in [6.07, 6.45) is 0.764. The molecule has 1 aliphatic heterocycles. The van der Waals surface area contributed by atoms with E-state index in [1.54, 1.807) is 0 Å². The topological polar surface area (TPSA) is 70.5 Å². The second-order valence-corrected chi connectivity index (χ2v) is 4.22. The minimum Gasteiger partial charge on any atom is -0.486 e. The summed E-state index contributed by atoms with van der Waals surface area (Å²) in [7, 11) is 0. The van der Waals surface area contributed by atoms with Crippen LogP contribution in [0.25, 0.3) is 0 Å². The minimum absolute atomic E-state index is 0.0455. The highest BCUT2D eigenvalue weighted by molar-refractivity contribution is 5.44. The van der Waals surface area contributed by atoms with Gasteiger partial charge >= 0.3 is 0 Å². The summed E-state index contributed by atoms with van der Waals surface area (Å²) in [5.74, 6) is 1.58. The SMILES string of the molecule is CC(N)CC(N)c1ccc2c(c1)OCCO2. The van der Waals surface area contributed by atoms with Crippen molar-refractivity contribution in [3.8, 4) is 11.5 Å². The Morgan fingerprint density at radius 3 is 2.56 bits per heavy atom. The third-order valence-corrected chi connectivity index (χ3v) is 2.62. The number of hydrogen-bond donors (Lipinski definition) is 2. The molecular formula is C12H18N2O2. The summed E-state index contributed by atoms with van der Waals surface area (Å²) < 4.78 is 11.0. The lowest BCUT2D eigenvalue weighted by Gasteiger charge is -2.21. The predicted octanol–water partition coefficient (Wildman–Crippen LogP) is 1.19. The van der Waals surface area contributed by atoms with Gasteiger partial charge < -0.3 is 20.9 Å². The summed E-state index contributed by atoms with van der Waals surface area (Å²) in [5, 5.41) is 0. The van der Waals surface area contributed by atoms with Gasteiger partial charge in [0.2, 0.25) is 0 Å². The van der Waals surface area contributed by atoms with Crippen LogP contribution >= 0.6 is 0 Å². The van der Waals surface area contributed by atoms with Crippen molar-refractivity contribution < 1.29 is 9.47 Å². The lowest BCUT2D eigenvalue weighted by atomic mass is 10.0. The lowest BCUT2D eigenvalue weighted by molar-refractivity contribution is 0.171. The molecule has 1 heterocycles. The zero-order chi connectivity index (χ0) is 11.5. The van der Waals surface area contributed by atoms with E-state index in [4.69, 9.17) is 20.9 Å². The largest absolute Gasteiger partial charge is 0.486 e. The molecule has 0 saturated heterocycles. The molecule has 2 rings (SSSR count). The van der Waals surface area contributed by atoms with Crippen molar-refractivity contribution >= 4 is 0 Å². The first-order chi connectivity index (χ1) is 7.66. The predicted molar refractivity (Wildman–Crippen MR) is 62.6 cm³/mol. The van der Waals surface area contributed by atoms with Crippen molar-refractivity contribution in [1.82, 2.24) is 0 Å². The molecule has 0 radical (unpaired) electrons. The van der Waals surface area contributed by atoms with Crippen molar-refractivity contribution in [1.29, 1.82) is 0 Å². The second-order valence-electron chi connectivity index (χ2n) is 4.22. The van der Waals surface area contributed by atoms with Crippen LogP contribution in [0, 0.1) is 0 Å².